The van der Waals surface area contributed by atoms with Gasteiger partial charge in [-0.2, -0.15) is 5.26 Å². The first-order valence-corrected chi connectivity index (χ1v) is 6.41. The van der Waals surface area contributed by atoms with Gasteiger partial charge in [-0.1, -0.05) is 0 Å². The van der Waals surface area contributed by atoms with Crippen LogP contribution in [0.5, 0.6) is 17.2 Å². The van der Waals surface area contributed by atoms with Crippen molar-refractivity contribution in [1.82, 2.24) is 4.90 Å². The minimum Gasteiger partial charge on any atom is -0.493 e. The van der Waals surface area contributed by atoms with E-state index >= 15 is 0 Å². The Morgan fingerprint density at radius 2 is 1.65 bits per heavy atom. The van der Waals surface area contributed by atoms with E-state index in [0.29, 0.717) is 17.2 Å². The molecule has 0 aliphatic carbocycles. The van der Waals surface area contributed by atoms with Gasteiger partial charge in [0.15, 0.2) is 11.5 Å². The summed E-state index contributed by atoms with van der Waals surface area (Å²) in [6, 6.07) is 6.01. The Morgan fingerprint density at radius 3 is 2.00 bits per heavy atom. The molecule has 1 aromatic carbocycles. The maximum atomic E-state index is 9.36. The number of nitrogens with zero attached hydrogens (tertiary/aromatic N) is 2. The van der Waals surface area contributed by atoms with Gasteiger partial charge in [0.05, 0.1) is 33.3 Å². The molecular formula is C15H22N2O3. The number of hydrogen-bond donors (Lipinski definition) is 0. The predicted octanol–water partition coefficient (Wildman–Crippen LogP) is 2.27. The molecule has 5 heteroatoms. The molecule has 0 spiro atoms. The van der Waals surface area contributed by atoms with Crippen LogP contribution in [0.3, 0.4) is 0 Å². The zero-order valence-corrected chi connectivity index (χ0v) is 12.8. The van der Waals surface area contributed by atoms with Crippen LogP contribution < -0.4 is 14.2 Å². The molecular weight excluding hydrogens is 256 g/mol. The van der Waals surface area contributed by atoms with Crippen molar-refractivity contribution in [1.29, 1.82) is 5.26 Å². The highest BCUT2D eigenvalue weighted by molar-refractivity contribution is 5.55. The van der Waals surface area contributed by atoms with Crippen molar-refractivity contribution in [2.24, 2.45) is 0 Å². The van der Waals surface area contributed by atoms with Crippen molar-refractivity contribution in [3.8, 4) is 23.3 Å². The lowest BCUT2D eigenvalue weighted by atomic mass is 9.96. The third-order valence-corrected chi connectivity index (χ3v) is 3.11. The van der Waals surface area contributed by atoms with Gasteiger partial charge in [-0.05, 0) is 44.8 Å². The summed E-state index contributed by atoms with van der Waals surface area (Å²) in [5.41, 5.74) is 0.879. The van der Waals surface area contributed by atoms with Gasteiger partial charge in [0.1, 0.15) is 0 Å². The van der Waals surface area contributed by atoms with Gasteiger partial charge in [0.25, 0.3) is 0 Å². The standard InChI is InChI=1S/C15H22N2O3/c1-17(2)7-6-11(10-16)12-8-13(18-3)15(20-5)14(9-12)19-4/h8-9,11H,6-7H2,1-5H3/t11-/m1/s1. The lowest BCUT2D eigenvalue weighted by Crippen LogP contribution is -2.15. The number of rotatable bonds is 7. The molecule has 1 atom stereocenters. The van der Waals surface area contributed by atoms with Gasteiger partial charge in [-0.15, -0.1) is 0 Å². The van der Waals surface area contributed by atoms with Crippen LogP contribution in [0.2, 0.25) is 0 Å². The average molecular weight is 278 g/mol. The lowest BCUT2D eigenvalue weighted by molar-refractivity contribution is 0.323. The lowest BCUT2D eigenvalue weighted by Gasteiger charge is -2.17. The Morgan fingerprint density at radius 1 is 1.10 bits per heavy atom. The molecule has 1 aromatic rings. The predicted molar refractivity (Wildman–Crippen MR) is 77.6 cm³/mol. The van der Waals surface area contributed by atoms with Crippen LogP contribution in [0.15, 0.2) is 12.1 Å². The van der Waals surface area contributed by atoms with E-state index < -0.39 is 0 Å². The molecule has 0 heterocycles. The van der Waals surface area contributed by atoms with Gasteiger partial charge in [-0.3, -0.25) is 0 Å². The molecule has 110 valence electrons. The summed E-state index contributed by atoms with van der Waals surface area (Å²) >= 11 is 0. The fourth-order valence-electron chi connectivity index (χ4n) is 2.00. The first-order chi connectivity index (χ1) is 9.57. The largest absolute Gasteiger partial charge is 0.493 e. The molecule has 0 N–H and O–H groups in total. The quantitative estimate of drug-likeness (QED) is 0.766. The van der Waals surface area contributed by atoms with Gasteiger partial charge >= 0.3 is 0 Å². The molecule has 0 unspecified atom stereocenters. The first kappa shape index (κ1) is 16.1. The molecule has 0 aliphatic heterocycles. The molecule has 1 rings (SSSR count). The van der Waals surface area contributed by atoms with Crippen LogP contribution >= 0.6 is 0 Å². The minimum atomic E-state index is -0.203. The van der Waals surface area contributed by atoms with E-state index in [0.717, 1.165) is 18.5 Å². The Kier molecular flexibility index (Phi) is 6.13. The molecule has 0 bridgehead atoms. The second-order valence-corrected chi connectivity index (χ2v) is 4.73. The molecule has 0 amide bonds. The maximum Gasteiger partial charge on any atom is 0.203 e. The zero-order chi connectivity index (χ0) is 15.1. The third-order valence-electron chi connectivity index (χ3n) is 3.11. The molecule has 0 fully saturated rings. The molecule has 20 heavy (non-hydrogen) atoms. The molecule has 0 saturated carbocycles. The van der Waals surface area contributed by atoms with E-state index in [4.69, 9.17) is 14.2 Å². The maximum absolute atomic E-state index is 9.36. The van der Waals surface area contributed by atoms with Gasteiger partial charge in [-0.25, -0.2) is 0 Å². The number of hydrogen-bond acceptors (Lipinski definition) is 5. The van der Waals surface area contributed by atoms with E-state index in [1.165, 1.54) is 0 Å². The van der Waals surface area contributed by atoms with Gasteiger partial charge in [0, 0.05) is 0 Å². The normalized spacial score (nSPS) is 11.8. The van der Waals surface area contributed by atoms with Crippen molar-refractivity contribution in [3.05, 3.63) is 17.7 Å². The molecule has 0 aromatic heterocycles. The molecule has 0 saturated heterocycles. The van der Waals surface area contributed by atoms with E-state index in [1.54, 1.807) is 21.3 Å². The third kappa shape index (κ3) is 3.78. The monoisotopic (exact) mass is 278 g/mol. The summed E-state index contributed by atoms with van der Waals surface area (Å²) in [5.74, 6) is 1.49. The minimum absolute atomic E-state index is 0.203. The molecule has 5 nitrogen and oxygen atoms in total. The summed E-state index contributed by atoms with van der Waals surface area (Å²) in [4.78, 5) is 2.06. The van der Waals surface area contributed by atoms with Crippen LogP contribution in [0, 0.1) is 11.3 Å². The van der Waals surface area contributed by atoms with E-state index in [-0.39, 0.29) is 5.92 Å². The number of ether oxygens (including phenoxy) is 3. The van der Waals surface area contributed by atoms with Crippen molar-refractivity contribution < 1.29 is 14.2 Å². The highest BCUT2D eigenvalue weighted by Crippen LogP contribution is 2.40. The van der Waals surface area contributed by atoms with E-state index in [1.807, 2.05) is 26.2 Å². The summed E-state index contributed by atoms with van der Waals surface area (Å²) in [6.45, 7) is 0.842. The Hall–Kier alpha value is -1.93. The average Bonchev–Trinajstić information content (AvgIpc) is 2.46. The second kappa shape index (κ2) is 7.61. The summed E-state index contributed by atoms with van der Waals surface area (Å²) in [6.07, 6.45) is 0.752. The summed E-state index contributed by atoms with van der Waals surface area (Å²) in [5, 5.41) is 9.36. The number of nitriles is 1. The number of methoxy groups -OCH3 is 3. The Bertz CT molecular complexity index is 455. The van der Waals surface area contributed by atoms with E-state index in [9.17, 15) is 5.26 Å². The smallest absolute Gasteiger partial charge is 0.203 e. The Balaban J connectivity index is 3.13. The first-order valence-electron chi connectivity index (χ1n) is 6.41. The van der Waals surface area contributed by atoms with Crippen LogP contribution in [0.25, 0.3) is 0 Å². The fraction of sp³-hybridized carbons (Fsp3) is 0.533. The second-order valence-electron chi connectivity index (χ2n) is 4.73. The van der Waals surface area contributed by atoms with Gasteiger partial charge < -0.3 is 19.1 Å². The summed E-state index contributed by atoms with van der Waals surface area (Å²) < 4.78 is 15.9. The Labute approximate surface area is 120 Å². The van der Waals surface area contributed by atoms with Crippen molar-refractivity contribution in [2.75, 3.05) is 42.0 Å². The topological polar surface area (TPSA) is 54.7 Å². The van der Waals surface area contributed by atoms with Crippen LogP contribution in [0.1, 0.15) is 17.9 Å². The zero-order valence-electron chi connectivity index (χ0n) is 12.8. The van der Waals surface area contributed by atoms with Crippen molar-refractivity contribution in [2.45, 2.75) is 12.3 Å². The van der Waals surface area contributed by atoms with Crippen molar-refractivity contribution in [3.63, 3.8) is 0 Å². The highest BCUT2D eigenvalue weighted by atomic mass is 16.5. The van der Waals surface area contributed by atoms with Crippen LogP contribution in [-0.2, 0) is 0 Å². The van der Waals surface area contributed by atoms with Crippen LogP contribution in [-0.4, -0.2) is 46.9 Å². The van der Waals surface area contributed by atoms with Crippen molar-refractivity contribution >= 4 is 0 Å². The van der Waals surface area contributed by atoms with E-state index in [2.05, 4.69) is 11.0 Å². The SMILES string of the molecule is COc1cc([C@@H](C#N)CCN(C)C)cc(OC)c1OC. The highest BCUT2D eigenvalue weighted by Gasteiger charge is 2.18. The van der Waals surface area contributed by atoms with Crippen LogP contribution in [0.4, 0.5) is 0 Å². The molecule has 0 aliphatic rings. The fourth-order valence-corrected chi connectivity index (χ4v) is 2.00. The summed E-state index contributed by atoms with van der Waals surface area (Å²) in [7, 11) is 8.69. The molecule has 0 radical (unpaired) electrons. The van der Waals surface area contributed by atoms with Gasteiger partial charge in [0.2, 0.25) is 5.75 Å². The number of benzene rings is 1.